The molecule has 0 unspecified atom stereocenters. The zero-order valence-electron chi connectivity index (χ0n) is 14.9. The van der Waals surface area contributed by atoms with Gasteiger partial charge in [-0.25, -0.2) is 4.98 Å². The van der Waals surface area contributed by atoms with E-state index in [0.717, 1.165) is 5.56 Å². The molecule has 27 heavy (non-hydrogen) atoms. The van der Waals surface area contributed by atoms with Gasteiger partial charge in [-0.1, -0.05) is 28.9 Å². The van der Waals surface area contributed by atoms with Crippen molar-refractivity contribution in [1.82, 2.24) is 15.0 Å². The summed E-state index contributed by atoms with van der Waals surface area (Å²) in [5, 5.41) is 5.09. The van der Waals surface area contributed by atoms with Gasteiger partial charge in [-0.3, -0.25) is 9.59 Å². The van der Waals surface area contributed by atoms with Crippen LogP contribution in [0, 0.1) is 6.92 Å². The SMILES string of the molecule is CCOC(=O)CN(Cc1ccc(Cl)cc1)C(=O)c1cnc2onc(C)c2c1. The van der Waals surface area contributed by atoms with Crippen molar-refractivity contribution < 1.29 is 18.8 Å². The summed E-state index contributed by atoms with van der Waals surface area (Å²) in [6.45, 7) is 3.79. The number of aromatic nitrogens is 2. The molecule has 3 rings (SSSR count). The summed E-state index contributed by atoms with van der Waals surface area (Å²) < 4.78 is 10.1. The topological polar surface area (TPSA) is 85.5 Å². The minimum absolute atomic E-state index is 0.171. The second-order valence-corrected chi connectivity index (χ2v) is 6.37. The van der Waals surface area contributed by atoms with E-state index in [1.54, 1.807) is 44.2 Å². The fourth-order valence-electron chi connectivity index (χ4n) is 2.62. The fourth-order valence-corrected chi connectivity index (χ4v) is 2.74. The molecule has 0 radical (unpaired) electrons. The summed E-state index contributed by atoms with van der Waals surface area (Å²) in [5.74, 6) is -0.817. The standard InChI is InChI=1S/C19H18ClN3O4/c1-3-26-17(24)11-23(10-13-4-6-15(20)7-5-13)19(25)14-8-16-12(2)22-27-18(16)21-9-14/h4-9H,3,10-11H2,1-2H3. The Morgan fingerprint density at radius 3 is 2.70 bits per heavy atom. The van der Waals surface area contributed by atoms with Crippen LogP contribution in [-0.4, -0.2) is 40.1 Å². The number of rotatable bonds is 6. The highest BCUT2D eigenvalue weighted by Gasteiger charge is 2.21. The molecule has 0 N–H and O–H groups in total. The van der Waals surface area contributed by atoms with Crippen molar-refractivity contribution in [2.24, 2.45) is 0 Å². The molecule has 0 fully saturated rings. The minimum atomic E-state index is -0.477. The predicted molar refractivity (Wildman–Crippen MR) is 99.4 cm³/mol. The molecular weight excluding hydrogens is 370 g/mol. The van der Waals surface area contributed by atoms with E-state index in [-0.39, 0.29) is 25.6 Å². The number of carbonyl (C=O) groups is 2. The van der Waals surface area contributed by atoms with Crippen LogP contribution in [0.25, 0.3) is 11.1 Å². The van der Waals surface area contributed by atoms with Gasteiger partial charge < -0.3 is 14.2 Å². The fraction of sp³-hybridized carbons (Fsp3) is 0.263. The lowest BCUT2D eigenvalue weighted by molar-refractivity contribution is -0.143. The Hall–Kier alpha value is -2.93. The number of ether oxygens (including phenoxy) is 1. The number of hydrogen-bond acceptors (Lipinski definition) is 6. The van der Waals surface area contributed by atoms with Crippen LogP contribution in [0.4, 0.5) is 0 Å². The maximum atomic E-state index is 13.0. The molecule has 0 atom stereocenters. The molecule has 0 bridgehead atoms. The van der Waals surface area contributed by atoms with Crippen molar-refractivity contribution in [1.29, 1.82) is 0 Å². The quantitative estimate of drug-likeness (QED) is 0.602. The average molecular weight is 388 g/mol. The van der Waals surface area contributed by atoms with E-state index < -0.39 is 5.97 Å². The summed E-state index contributed by atoms with van der Waals surface area (Å²) in [5.41, 5.74) is 2.18. The van der Waals surface area contributed by atoms with Crippen LogP contribution in [-0.2, 0) is 16.1 Å². The number of aryl methyl sites for hydroxylation is 1. The first kappa shape index (κ1) is 18.8. The first-order valence-electron chi connectivity index (χ1n) is 8.39. The molecule has 1 amide bonds. The van der Waals surface area contributed by atoms with E-state index in [4.69, 9.17) is 20.9 Å². The number of esters is 1. The Kier molecular flexibility index (Phi) is 5.71. The molecule has 3 aromatic rings. The van der Waals surface area contributed by atoms with Crippen LogP contribution in [0.15, 0.2) is 41.1 Å². The normalized spacial score (nSPS) is 10.8. The molecule has 0 aliphatic heterocycles. The van der Waals surface area contributed by atoms with Crippen LogP contribution in [0.5, 0.6) is 0 Å². The molecule has 0 spiro atoms. The Morgan fingerprint density at radius 2 is 2.00 bits per heavy atom. The third kappa shape index (κ3) is 4.43. The van der Waals surface area contributed by atoms with Crippen LogP contribution >= 0.6 is 11.6 Å². The van der Waals surface area contributed by atoms with Crippen molar-refractivity contribution in [3.8, 4) is 0 Å². The van der Waals surface area contributed by atoms with Gasteiger partial charge >= 0.3 is 5.97 Å². The molecule has 0 aliphatic rings. The first-order chi connectivity index (χ1) is 13.0. The lowest BCUT2D eigenvalue weighted by Gasteiger charge is -2.22. The lowest BCUT2D eigenvalue weighted by atomic mass is 10.1. The van der Waals surface area contributed by atoms with Gasteiger partial charge in [0.2, 0.25) is 0 Å². The smallest absolute Gasteiger partial charge is 0.325 e. The minimum Gasteiger partial charge on any atom is -0.465 e. The number of halogens is 1. The van der Waals surface area contributed by atoms with Crippen molar-refractivity contribution in [2.45, 2.75) is 20.4 Å². The molecule has 0 saturated carbocycles. The van der Waals surface area contributed by atoms with E-state index in [0.29, 0.717) is 27.4 Å². The molecule has 1 aromatic carbocycles. The number of nitrogens with zero attached hydrogens (tertiary/aromatic N) is 3. The van der Waals surface area contributed by atoms with Crippen molar-refractivity contribution in [3.05, 3.63) is 58.4 Å². The summed E-state index contributed by atoms with van der Waals surface area (Å²) in [4.78, 5) is 30.6. The van der Waals surface area contributed by atoms with Crippen LogP contribution in [0.3, 0.4) is 0 Å². The highest BCUT2D eigenvalue weighted by Crippen LogP contribution is 2.19. The summed E-state index contributed by atoms with van der Waals surface area (Å²) in [6.07, 6.45) is 1.41. The van der Waals surface area contributed by atoms with Crippen molar-refractivity contribution in [2.75, 3.05) is 13.2 Å². The molecule has 2 aromatic heterocycles. The third-order valence-corrected chi connectivity index (χ3v) is 4.21. The lowest BCUT2D eigenvalue weighted by Crippen LogP contribution is -2.36. The van der Waals surface area contributed by atoms with E-state index in [1.807, 2.05) is 0 Å². The monoisotopic (exact) mass is 387 g/mol. The van der Waals surface area contributed by atoms with Gasteiger partial charge in [0.25, 0.3) is 11.6 Å². The summed E-state index contributed by atoms with van der Waals surface area (Å²) in [6, 6.07) is 8.74. The van der Waals surface area contributed by atoms with Crippen LogP contribution < -0.4 is 0 Å². The zero-order valence-corrected chi connectivity index (χ0v) is 15.7. The number of carbonyl (C=O) groups excluding carboxylic acids is 2. The van der Waals surface area contributed by atoms with Gasteiger partial charge in [-0.15, -0.1) is 0 Å². The largest absolute Gasteiger partial charge is 0.465 e. The van der Waals surface area contributed by atoms with Gasteiger partial charge in [-0.2, -0.15) is 0 Å². The van der Waals surface area contributed by atoms with E-state index in [1.165, 1.54) is 11.1 Å². The predicted octanol–water partition coefficient (Wildman–Crippen LogP) is 3.39. The van der Waals surface area contributed by atoms with Crippen molar-refractivity contribution >= 4 is 34.6 Å². The van der Waals surface area contributed by atoms with Gasteiger partial charge in [-0.05, 0) is 37.6 Å². The Bertz CT molecular complexity index is 969. The van der Waals surface area contributed by atoms with Gasteiger partial charge in [0.05, 0.1) is 23.3 Å². The number of fused-ring (bicyclic) bond motifs is 1. The van der Waals surface area contributed by atoms with Crippen LogP contribution in [0.2, 0.25) is 5.02 Å². The highest BCUT2D eigenvalue weighted by molar-refractivity contribution is 6.30. The first-order valence-corrected chi connectivity index (χ1v) is 8.77. The van der Waals surface area contributed by atoms with E-state index in [2.05, 4.69) is 10.1 Å². The molecule has 0 aliphatic carbocycles. The van der Waals surface area contributed by atoms with Crippen LogP contribution in [0.1, 0.15) is 28.5 Å². The molecule has 8 heteroatoms. The maximum absolute atomic E-state index is 13.0. The summed E-state index contributed by atoms with van der Waals surface area (Å²) >= 11 is 5.91. The molecule has 140 valence electrons. The van der Waals surface area contributed by atoms with Gasteiger partial charge in [0.1, 0.15) is 6.54 Å². The molecular formula is C19H18ClN3O4. The van der Waals surface area contributed by atoms with Gasteiger partial charge in [0.15, 0.2) is 0 Å². The second-order valence-electron chi connectivity index (χ2n) is 5.94. The second kappa shape index (κ2) is 8.18. The number of amides is 1. The third-order valence-electron chi connectivity index (χ3n) is 3.96. The number of hydrogen-bond donors (Lipinski definition) is 0. The molecule has 7 nitrogen and oxygen atoms in total. The zero-order chi connectivity index (χ0) is 19.4. The molecule has 2 heterocycles. The Balaban J connectivity index is 1.88. The Morgan fingerprint density at radius 1 is 1.26 bits per heavy atom. The van der Waals surface area contributed by atoms with Crippen molar-refractivity contribution in [3.63, 3.8) is 0 Å². The van der Waals surface area contributed by atoms with Gasteiger partial charge in [0, 0.05) is 17.8 Å². The Labute approximate surface area is 160 Å². The summed E-state index contributed by atoms with van der Waals surface area (Å²) in [7, 11) is 0. The highest BCUT2D eigenvalue weighted by atomic mass is 35.5. The maximum Gasteiger partial charge on any atom is 0.325 e. The number of benzene rings is 1. The van der Waals surface area contributed by atoms with E-state index in [9.17, 15) is 9.59 Å². The average Bonchev–Trinajstić information content (AvgIpc) is 3.03. The van der Waals surface area contributed by atoms with E-state index >= 15 is 0 Å². The molecule has 0 saturated heterocycles. The number of pyridine rings is 1.